The summed E-state index contributed by atoms with van der Waals surface area (Å²) in [5.74, 6) is -1.09. The summed E-state index contributed by atoms with van der Waals surface area (Å²) < 4.78 is 44.5. The monoisotopic (exact) mass is 387 g/mol. The van der Waals surface area contributed by atoms with Gasteiger partial charge in [0.25, 0.3) is 0 Å². The van der Waals surface area contributed by atoms with Gasteiger partial charge in [-0.15, -0.1) is 0 Å². The quantitative estimate of drug-likeness (QED) is 0.832. The van der Waals surface area contributed by atoms with Crippen LogP contribution in [-0.4, -0.2) is 40.8 Å². The maximum absolute atomic E-state index is 13.1. The number of alkyl halides is 3. The van der Waals surface area contributed by atoms with Crippen molar-refractivity contribution >= 4 is 12.1 Å². The van der Waals surface area contributed by atoms with Crippen LogP contribution < -0.4 is 0 Å². The standard InChI is InChI=1S/C19H24F3NO4/c1-17(2,3)27-16(26)23-9-7-18(8-10-23,12-15(24)25)13-5-4-6-14(11-13)19(20,21)22/h4-6,11H,7-10,12H2,1-3H3,(H,24,25). The maximum Gasteiger partial charge on any atom is 0.416 e. The van der Waals surface area contributed by atoms with Gasteiger partial charge in [-0.1, -0.05) is 18.2 Å². The number of benzene rings is 1. The van der Waals surface area contributed by atoms with E-state index in [0.29, 0.717) is 5.56 Å². The molecule has 0 aliphatic carbocycles. The van der Waals surface area contributed by atoms with Crippen LogP contribution in [0.3, 0.4) is 0 Å². The van der Waals surface area contributed by atoms with Crippen LogP contribution in [-0.2, 0) is 21.1 Å². The highest BCUT2D eigenvalue weighted by Crippen LogP contribution is 2.41. The number of ether oxygens (including phenoxy) is 1. The fraction of sp³-hybridized carbons (Fsp3) is 0.579. The van der Waals surface area contributed by atoms with Crippen molar-refractivity contribution in [3.8, 4) is 0 Å². The summed E-state index contributed by atoms with van der Waals surface area (Å²) in [5.41, 5.74) is -2.08. The fourth-order valence-corrected chi connectivity index (χ4v) is 3.33. The van der Waals surface area contributed by atoms with E-state index < -0.39 is 34.8 Å². The summed E-state index contributed by atoms with van der Waals surface area (Å²) in [4.78, 5) is 25.1. The summed E-state index contributed by atoms with van der Waals surface area (Å²) in [5, 5.41) is 9.32. The molecule has 8 heteroatoms. The molecule has 0 atom stereocenters. The lowest BCUT2D eigenvalue weighted by atomic mass is 9.70. The molecule has 1 heterocycles. The van der Waals surface area contributed by atoms with Crippen LogP contribution in [0.1, 0.15) is 51.2 Å². The van der Waals surface area contributed by atoms with Gasteiger partial charge in [-0.3, -0.25) is 4.79 Å². The highest BCUT2D eigenvalue weighted by molar-refractivity contribution is 5.70. The number of hydrogen-bond acceptors (Lipinski definition) is 3. The summed E-state index contributed by atoms with van der Waals surface area (Å²) in [6.45, 7) is 5.67. The number of piperidine rings is 1. The highest BCUT2D eigenvalue weighted by Gasteiger charge is 2.41. The first kappa shape index (κ1) is 21.1. The second-order valence-corrected chi connectivity index (χ2v) is 7.90. The zero-order valence-electron chi connectivity index (χ0n) is 15.6. The first-order valence-corrected chi connectivity index (χ1v) is 8.70. The van der Waals surface area contributed by atoms with E-state index in [2.05, 4.69) is 0 Å². The average Bonchev–Trinajstić information content (AvgIpc) is 2.52. The molecular formula is C19H24F3NO4. The topological polar surface area (TPSA) is 66.8 Å². The zero-order chi connectivity index (χ0) is 20.5. The van der Waals surface area contributed by atoms with E-state index in [1.807, 2.05) is 0 Å². The van der Waals surface area contributed by atoms with Crippen molar-refractivity contribution in [1.29, 1.82) is 0 Å². The van der Waals surface area contributed by atoms with Crippen LogP contribution in [0.25, 0.3) is 0 Å². The number of hydrogen-bond donors (Lipinski definition) is 1. The molecule has 1 aromatic rings. The van der Waals surface area contributed by atoms with E-state index in [0.717, 1.165) is 12.1 Å². The number of halogens is 3. The first-order valence-electron chi connectivity index (χ1n) is 8.70. The van der Waals surface area contributed by atoms with Gasteiger partial charge in [-0.25, -0.2) is 4.79 Å². The Bertz CT molecular complexity index is 702. The molecule has 27 heavy (non-hydrogen) atoms. The van der Waals surface area contributed by atoms with Crippen LogP contribution >= 0.6 is 0 Å². The SMILES string of the molecule is CC(C)(C)OC(=O)N1CCC(CC(=O)O)(c2cccc(C(F)(F)F)c2)CC1. The molecule has 0 aromatic heterocycles. The summed E-state index contributed by atoms with van der Waals surface area (Å²) in [6, 6.07) is 4.81. The number of carboxylic acid groups (broad SMARTS) is 1. The van der Waals surface area contributed by atoms with Crippen molar-refractivity contribution < 1.29 is 32.6 Å². The van der Waals surface area contributed by atoms with Gasteiger partial charge in [0.1, 0.15) is 5.60 Å². The van der Waals surface area contributed by atoms with Crippen molar-refractivity contribution in [2.75, 3.05) is 13.1 Å². The maximum atomic E-state index is 13.1. The highest BCUT2D eigenvalue weighted by atomic mass is 19.4. The minimum Gasteiger partial charge on any atom is -0.481 e. The Kier molecular flexibility index (Phi) is 5.77. The van der Waals surface area contributed by atoms with Crippen molar-refractivity contribution in [3.63, 3.8) is 0 Å². The molecule has 1 aromatic carbocycles. The van der Waals surface area contributed by atoms with E-state index in [1.54, 1.807) is 20.8 Å². The Hall–Kier alpha value is -2.25. The lowest BCUT2D eigenvalue weighted by Gasteiger charge is -2.41. The fourth-order valence-electron chi connectivity index (χ4n) is 3.33. The third kappa shape index (κ3) is 5.37. The van der Waals surface area contributed by atoms with E-state index >= 15 is 0 Å². The van der Waals surface area contributed by atoms with Gasteiger partial charge in [-0.2, -0.15) is 13.2 Å². The van der Waals surface area contributed by atoms with E-state index in [-0.39, 0.29) is 32.4 Å². The zero-order valence-corrected chi connectivity index (χ0v) is 15.6. The van der Waals surface area contributed by atoms with Crippen LogP contribution in [0.2, 0.25) is 0 Å². The minimum absolute atomic E-state index is 0.221. The van der Waals surface area contributed by atoms with Gasteiger partial charge >= 0.3 is 18.2 Å². The summed E-state index contributed by atoms with van der Waals surface area (Å²) >= 11 is 0. The average molecular weight is 387 g/mol. The normalized spacial score (nSPS) is 17.5. The molecule has 5 nitrogen and oxygen atoms in total. The summed E-state index contributed by atoms with van der Waals surface area (Å²) in [6.07, 6.45) is -4.80. The molecule has 0 saturated carbocycles. The molecule has 1 fully saturated rings. The Labute approximate surface area is 156 Å². The van der Waals surface area contributed by atoms with Gasteiger partial charge in [-0.05, 0) is 45.2 Å². The smallest absolute Gasteiger partial charge is 0.416 e. The van der Waals surface area contributed by atoms with Crippen LogP contribution in [0.5, 0.6) is 0 Å². The van der Waals surface area contributed by atoms with Crippen molar-refractivity contribution in [2.24, 2.45) is 0 Å². The summed E-state index contributed by atoms with van der Waals surface area (Å²) in [7, 11) is 0. The Morgan fingerprint density at radius 2 is 1.78 bits per heavy atom. The van der Waals surface area contributed by atoms with Crippen molar-refractivity contribution in [3.05, 3.63) is 35.4 Å². The van der Waals surface area contributed by atoms with Crippen molar-refractivity contribution in [1.82, 2.24) is 4.90 Å². The lowest BCUT2D eigenvalue weighted by Crippen LogP contribution is -2.47. The lowest BCUT2D eigenvalue weighted by molar-refractivity contribution is -0.139. The molecule has 0 bridgehead atoms. The number of carbonyl (C=O) groups excluding carboxylic acids is 1. The second kappa shape index (κ2) is 7.40. The molecule has 150 valence electrons. The van der Waals surface area contributed by atoms with Gasteiger partial charge in [0.2, 0.25) is 0 Å². The largest absolute Gasteiger partial charge is 0.481 e. The molecule has 0 radical (unpaired) electrons. The minimum atomic E-state index is -4.50. The first-order chi connectivity index (χ1) is 12.3. The Balaban J connectivity index is 2.25. The third-order valence-electron chi connectivity index (χ3n) is 4.66. The van der Waals surface area contributed by atoms with Gasteiger partial charge < -0.3 is 14.7 Å². The molecule has 1 saturated heterocycles. The molecule has 1 aliphatic rings. The van der Waals surface area contributed by atoms with Gasteiger partial charge in [0.15, 0.2) is 0 Å². The third-order valence-corrected chi connectivity index (χ3v) is 4.66. The van der Waals surface area contributed by atoms with Crippen LogP contribution in [0.4, 0.5) is 18.0 Å². The molecule has 1 aliphatic heterocycles. The van der Waals surface area contributed by atoms with E-state index in [1.165, 1.54) is 17.0 Å². The number of rotatable bonds is 3. The molecule has 1 amide bonds. The van der Waals surface area contributed by atoms with Crippen LogP contribution in [0, 0.1) is 0 Å². The van der Waals surface area contributed by atoms with Gasteiger partial charge in [0.05, 0.1) is 12.0 Å². The number of carboxylic acids is 1. The molecule has 0 spiro atoms. The Morgan fingerprint density at radius 1 is 1.19 bits per heavy atom. The molecule has 0 unspecified atom stereocenters. The van der Waals surface area contributed by atoms with Crippen LogP contribution in [0.15, 0.2) is 24.3 Å². The predicted molar refractivity (Wildman–Crippen MR) is 92.4 cm³/mol. The predicted octanol–water partition coefficient (Wildman–Crippen LogP) is 4.45. The second-order valence-electron chi connectivity index (χ2n) is 7.90. The van der Waals surface area contributed by atoms with E-state index in [4.69, 9.17) is 4.74 Å². The number of amides is 1. The van der Waals surface area contributed by atoms with Gasteiger partial charge in [0, 0.05) is 18.5 Å². The number of nitrogens with zero attached hydrogens (tertiary/aromatic N) is 1. The molecule has 2 rings (SSSR count). The number of carbonyl (C=O) groups is 2. The number of likely N-dealkylation sites (tertiary alicyclic amines) is 1. The van der Waals surface area contributed by atoms with E-state index in [9.17, 15) is 27.9 Å². The Morgan fingerprint density at radius 3 is 2.26 bits per heavy atom. The number of aliphatic carboxylic acids is 1. The van der Waals surface area contributed by atoms with Crippen molar-refractivity contribution in [2.45, 2.75) is 57.2 Å². The molecule has 1 N–H and O–H groups in total. The molecular weight excluding hydrogens is 363 g/mol.